The fourth-order valence-corrected chi connectivity index (χ4v) is 2.02. The molecule has 4 heteroatoms. The van der Waals surface area contributed by atoms with Gasteiger partial charge in [-0.3, -0.25) is 9.59 Å². The maximum atomic E-state index is 14.2. The fourth-order valence-electron chi connectivity index (χ4n) is 1.75. The smallest absolute Gasteiger partial charge is 0.201 e. The number of Topliss-reactive ketones (excluding diaryl/α,β-unsaturated/α-hetero) is 1. The molecule has 2 rings (SSSR count). The molecule has 2 aromatic carbocycles. The van der Waals surface area contributed by atoms with Crippen molar-refractivity contribution in [2.75, 3.05) is 0 Å². The van der Waals surface area contributed by atoms with Gasteiger partial charge in [0.1, 0.15) is 6.29 Å². The summed E-state index contributed by atoms with van der Waals surface area (Å²) in [6.45, 7) is 0. The first kappa shape index (κ1) is 13.6. The summed E-state index contributed by atoms with van der Waals surface area (Å²) < 4.78 is 15.1. The normalized spacial score (nSPS) is 11.9. The van der Waals surface area contributed by atoms with Gasteiger partial charge in [-0.2, -0.15) is 0 Å². The van der Waals surface area contributed by atoms with Gasteiger partial charge >= 0.3 is 0 Å². The van der Waals surface area contributed by atoms with Gasteiger partial charge in [-0.05, 0) is 12.1 Å². The van der Waals surface area contributed by atoms with Crippen molar-refractivity contribution < 1.29 is 14.0 Å². The second kappa shape index (κ2) is 5.89. The molecule has 1 unspecified atom stereocenters. The minimum atomic E-state index is -1.83. The summed E-state index contributed by atoms with van der Waals surface area (Å²) in [5, 5.41) is 0. The molecule has 0 saturated heterocycles. The van der Waals surface area contributed by atoms with E-state index in [0.29, 0.717) is 6.29 Å². The lowest BCUT2D eigenvalue weighted by Crippen LogP contribution is -2.10. The topological polar surface area (TPSA) is 34.1 Å². The van der Waals surface area contributed by atoms with Crippen LogP contribution in [0, 0.1) is 0 Å². The maximum Gasteiger partial charge on any atom is 0.201 e. The highest BCUT2D eigenvalue weighted by atomic mass is 79.9. The summed E-state index contributed by atoms with van der Waals surface area (Å²) in [4.78, 5) is 22.9. The van der Waals surface area contributed by atoms with Crippen molar-refractivity contribution in [1.29, 1.82) is 0 Å². The zero-order valence-corrected chi connectivity index (χ0v) is 11.4. The Morgan fingerprint density at radius 3 is 2.37 bits per heavy atom. The summed E-state index contributed by atoms with van der Waals surface area (Å²) in [5.41, 5.74) is 0.572. The number of hydrogen-bond donors (Lipinski definition) is 0. The van der Waals surface area contributed by atoms with Crippen molar-refractivity contribution in [3.63, 3.8) is 0 Å². The largest absolute Gasteiger partial charge is 0.298 e. The van der Waals surface area contributed by atoms with Gasteiger partial charge in [0.15, 0.2) is 6.17 Å². The summed E-state index contributed by atoms with van der Waals surface area (Å²) in [6, 6.07) is 12.6. The summed E-state index contributed by atoms with van der Waals surface area (Å²) in [6.07, 6.45) is -1.28. The first-order valence-corrected chi connectivity index (χ1v) is 6.40. The third-order valence-electron chi connectivity index (χ3n) is 2.75. The summed E-state index contributed by atoms with van der Waals surface area (Å²) in [5.74, 6) is -0.651. The van der Waals surface area contributed by atoms with Gasteiger partial charge in [-0.1, -0.05) is 52.3 Å². The third-order valence-corrected chi connectivity index (χ3v) is 3.28. The van der Waals surface area contributed by atoms with Crippen LogP contribution in [0.2, 0.25) is 0 Å². The molecule has 0 radical (unpaired) electrons. The van der Waals surface area contributed by atoms with Gasteiger partial charge in [-0.15, -0.1) is 0 Å². The second-order valence-electron chi connectivity index (χ2n) is 3.98. The van der Waals surface area contributed by atoms with Crippen LogP contribution in [0.4, 0.5) is 4.39 Å². The van der Waals surface area contributed by atoms with Gasteiger partial charge in [0, 0.05) is 21.2 Å². The fraction of sp³-hybridized carbons (Fsp3) is 0.0667. The van der Waals surface area contributed by atoms with E-state index in [2.05, 4.69) is 15.9 Å². The van der Waals surface area contributed by atoms with Crippen LogP contribution in [-0.4, -0.2) is 12.1 Å². The van der Waals surface area contributed by atoms with Crippen molar-refractivity contribution in [1.82, 2.24) is 0 Å². The van der Waals surface area contributed by atoms with Crippen LogP contribution in [0.5, 0.6) is 0 Å². The van der Waals surface area contributed by atoms with Crippen molar-refractivity contribution in [3.8, 4) is 0 Å². The van der Waals surface area contributed by atoms with Crippen LogP contribution in [0.3, 0.4) is 0 Å². The number of halogens is 2. The second-order valence-corrected chi connectivity index (χ2v) is 4.90. The number of benzene rings is 2. The molecule has 0 N–H and O–H groups in total. The molecule has 96 valence electrons. The van der Waals surface area contributed by atoms with Crippen molar-refractivity contribution in [3.05, 3.63) is 69.7 Å². The Labute approximate surface area is 118 Å². The molecule has 0 bridgehead atoms. The van der Waals surface area contributed by atoms with Crippen molar-refractivity contribution >= 4 is 28.0 Å². The molecular weight excluding hydrogens is 311 g/mol. The summed E-state index contributed by atoms with van der Waals surface area (Å²) >= 11 is 3.25. The van der Waals surface area contributed by atoms with Crippen LogP contribution in [0.15, 0.2) is 53.0 Å². The highest BCUT2D eigenvalue weighted by Gasteiger charge is 2.23. The summed E-state index contributed by atoms with van der Waals surface area (Å²) in [7, 11) is 0. The zero-order valence-electron chi connectivity index (χ0n) is 9.85. The van der Waals surface area contributed by atoms with E-state index in [0.717, 1.165) is 4.47 Å². The average Bonchev–Trinajstić information content (AvgIpc) is 2.46. The van der Waals surface area contributed by atoms with Crippen molar-refractivity contribution in [2.24, 2.45) is 0 Å². The number of aldehydes is 1. The monoisotopic (exact) mass is 320 g/mol. The SMILES string of the molecule is O=Cc1ccccc1C(F)C(=O)c1ccc(Br)cc1. The van der Waals surface area contributed by atoms with E-state index in [9.17, 15) is 14.0 Å². The molecule has 0 aliphatic heterocycles. The molecule has 0 aliphatic carbocycles. The molecule has 0 amide bonds. The Kier molecular flexibility index (Phi) is 4.22. The van der Waals surface area contributed by atoms with E-state index in [1.165, 1.54) is 12.1 Å². The Bertz CT molecular complexity index is 608. The van der Waals surface area contributed by atoms with Gasteiger partial charge in [0.25, 0.3) is 0 Å². The van der Waals surface area contributed by atoms with Gasteiger partial charge < -0.3 is 0 Å². The average molecular weight is 321 g/mol. The lowest BCUT2D eigenvalue weighted by atomic mass is 9.97. The van der Waals surface area contributed by atoms with Crippen molar-refractivity contribution in [2.45, 2.75) is 6.17 Å². The van der Waals surface area contributed by atoms with Gasteiger partial charge in [0.2, 0.25) is 5.78 Å². The Hall–Kier alpha value is -1.81. The number of alkyl halides is 1. The van der Waals surface area contributed by atoms with E-state index >= 15 is 0 Å². The molecule has 0 heterocycles. The quantitative estimate of drug-likeness (QED) is 0.626. The molecule has 2 nitrogen and oxygen atoms in total. The number of carbonyl (C=O) groups is 2. The van der Waals surface area contributed by atoms with Crippen LogP contribution in [0.25, 0.3) is 0 Å². The number of ketones is 1. The van der Waals surface area contributed by atoms with E-state index in [1.807, 2.05) is 0 Å². The minimum Gasteiger partial charge on any atom is -0.298 e. The molecular formula is C15H10BrFO2. The molecule has 1 atom stereocenters. The zero-order chi connectivity index (χ0) is 13.8. The first-order chi connectivity index (χ1) is 9.13. The highest BCUT2D eigenvalue weighted by Crippen LogP contribution is 2.25. The van der Waals surface area contributed by atoms with E-state index in [1.54, 1.807) is 36.4 Å². The molecule has 0 spiro atoms. The molecule has 0 aliphatic rings. The standard InChI is InChI=1S/C15H10BrFO2/c16-12-7-5-10(6-8-12)15(19)14(17)13-4-2-1-3-11(13)9-18/h1-9,14H. The predicted molar refractivity (Wildman–Crippen MR) is 74.2 cm³/mol. The maximum absolute atomic E-state index is 14.2. The van der Waals surface area contributed by atoms with Gasteiger partial charge in [-0.25, -0.2) is 4.39 Å². The Balaban J connectivity index is 2.33. The Morgan fingerprint density at radius 1 is 1.11 bits per heavy atom. The number of rotatable bonds is 4. The highest BCUT2D eigenvalue weighted by molar-refractivity contribution is 9.10. The van der Waals surface area contributed by atoms with Crippen LogP contribution in [-0.2, 0) is 0 Å². The lowest BCUT2D eigenvalue weighted by molar-refractivity contribution is 0.0877. The molecule has 0 saturated carbocycles. The minimum absolute atomic E-state index is 0.102. The van der Waals surface area contributed by atoms with Crippen LogP contribution in [0.1, 0.15) is 32.5 Å². The molecule has 0 aromatic heterocycles. The van der Waals surface area contributed by atoms with Gasteiger partial charge in [0.05, 0.1) is 0 Å². The van der Waals surface area contributed by atoms with Crippen LogP contribution < -0.4 is 0 Å². The van der Waals surface area contributed by atoms with Crippen LogP contribution >= 0.6 is 15.9 Å². The number of carbonyl (C=O) groups excluding carboxylic acids is 2. The van der Waals surface area contributed by atoms with E-state index < -0.39 is 12.0 Å². The lowest BCUT2D eigenvalue weighted by Gasteiger charge is -2.10. The number of hydrogen-bond acceptors (Lipinski definition) is 2. The van der Waals surface area contributed by atoms with E-state index in [-0.39, 0.29) is 16.7 Å². The van der Waals surface area contributed by atoms with E-state index in [4.69, 9.17) is 0 Å². The molecule has 2 aromatic rings. The molecule has 0 fully saturated rings. The Morgan fingerprint density at radius 2 is 1.74 bits per heavy atom. The third kappa shape index (κ3) is 2.96. The molecule has 19 heavy (non-hydrogen) atoms. The first-order valence-electron chi connectivity index (χ1n) is 5.61. The predicted octanol–water partition coefficient (Wildman–Crippen LogP) is 4.16.